The average molecular weight is 265 g/mol. The van der Waals surface area contributed by atoms with Crippen molar-refractivity contribution in [3.63, 3.8) is 0 Å². The smallest absolute Gasteiger partial charge is 0.191 e. The molecular formula is C14H8FN5. The summed E-state index contributed by atoms with van der Waals surface area (Å²) in [7, 11) is 0. The summed E-state index contributed by atoms with van der Waals surface area (Å²) in [6.07, 6.45) is 3.22. The molecule has 0 atom stereocenters. The van der Waals surface area contributed by atoms with Gasteiger partial charge in [0.05, 0.1) is 5.69 Å². The van der Waals surface area contributed by atoms with Gasteiger partial charge in [-0.2, -0.15) is 5.26 Å². The Labute approximate surface area is 113 Å². The van der Waals surface area contributed by atoms with Crippen molar-refractivity contribution in [1.82, 2.24) is 20.0 Å². The first-order valence-corrected chi connectivity index (χ1v) is 5.82. The van der Waals surface area contributed by atoms with E-state index in [9.17, 15) is 4.39 Å². The molecule has 0 aliphatic carbocycles. The van der Waals surface area contributed by atoms with E-state index in [4.69, 9.17) is 5.26 Å². The maximum atomic E-state index is 13.3. The molecule has 3 aromatic rings. The number of aromatic nitrogens is 4. The quantitative estimate of drug-likeness (QED) is 0.713. The molecule has 0 aliphatic heterocycles. The predicted octanol–water partition coefficient (Wildman–Crippen LogP) is 2.34. The molecule has 20 heavy (non-hydrogen) atoms. The van der Waals surface area contributed by atoms with E-state index in [1.54, 1.807) is 36.7 Å². The first-order chi connectivity index (χ1) is 9.79. The number of pyridine rings is 1. The standard InChI is InChI=1S/C14H8FN5/c15-11-2-1-3-12(8-11)20-14(13(9-16)18-19-20)10-4-6-17-7-5-10/h1-8H. The van der Waals surface area contributed by atoms with Gasteiger partial charge in [-0.05, 0) is 30.3 Å². The van der Waals surface area contributed by atoms with E-state index >= 15 is 0 Å². The molecule has 5 nitrogen and oxygen atoms in total. The summed E-state index contributed by atoms with van der Waals surface area (Å²) >= 11 is 0. The molecule has 0 radical (unpaired) electrons. The lowest BCUT2D eigenvalue weighted by Gasteiger charge is -2.06. The largest absolute Gasteiger partial charge is 0.265 e. The van der Waals surface area contributed by atoms with Crippen LogP contribution in [0, 0.1) is 17.1 Å². The van der Waals surface area contributed by atoms with Crippen molar-refractivity contribution in [3.8, 4) is 23.0 Å². The Hall–Kier alpha value is -3.07. The lowest BCUT2D eigenvalue weighted by atomic mass is 10.1. The molecule has 0 unspecified atom stereocenters. The zero-order chi connectivity index (χ0) is 13.9. The average Bonchev–Trinajstić information content (AvgIpc) is 2.92. The fraction of sp³-hybridized carbons (Fsp3) is 0. The summed E-state index contributed by atoms with van der Waals surface area (Å²) in [5.74, 6) is -0.378. The van der Waals surface area contributed by atoms with Crippen molar-refractivity contribution in [2.24, 2.45) is 0 Å². The van der Waals surface area contributed by atoms with Crippen LogP contribution in [0.3, 0.4) is 0 Å². The summed E-state index contributed by atoms with van der Waals surface area (Å²) in [4.78, 5) is 3.93. The number of rotatable bonds is 2. The Bertz CT molecular complexity index is 789. The third-order valence-corrected chi connectivity index (χ3v) is 2.78. The topological polar surface area (TPSA) is 67.4 Å². The Morgan fingerprint density at radius 1 is 1.15 bits per heavy atom. The van der Waals surface area contributed by atoms with Crippen molar-refractivity contribution < 1.29 is 4.39 Å². The minimum absolute atomic E-state index is 0.181. The van der Waals surface area contributed by atoms with Gasteiger partial charge < -0.3 is 0 Å². The van der Waals surface area contributed by atoms with E-state index in [1.165, 1.54) is 16.8 Å². The van der Waals surface area contributed by atoms with Crippen LogP contribution in [0.4, 0.5) is 4.39 Å². The SMILES string of the molecule is N#Cc1nnn(-c2cccc(F)c2)c1-c1ccncc1. The minimum Gasteiger partial charge on any atom is -0.265 e. The van der Waals surface area contributed by atoms with E-state index < -0.39 is 0 Å². The second-order valence-corrected chi connectivity index (χ2v) is 4.03. The van der Waals surface area contributed by atoms with Crippen molar-refractivity contribution in [2.45, 2.75) is 0 Å². The third-order valence-electron chi connectivity index (χ3n) is 2.78. The Morgan fingerprint density at radius 3 is 2.65 bits per heavy atom. The van der Waals surface area contributed by atoms with Crippen LogP contribution in [0.25, 0.3) is 16.9 Å². The summed E-state index contributed by atoms with van der Waals surface area (Å²) in [5, 5.41) is 16.9. The summed E-state index contributed by atoms with van der Waals surface area (Å²) < 4.78 is 14.8. The summed E-state index contributed by atoms with van der Waals surface area (Å²) in [6, 6.07) is 11.4. The van der Waals surface area contributed by atoms with Gasteiger partial charge in [0.1, 0.15) is 17.6 Å². The molecule has 2 heterocycles. The van der Waals surface area contributed by atoms with Crippen LogP contribution < -0.4 is 0 Å². The van der Waals surface area contributed by atoms with E-state index in [0.717, 1.165) is 5.56 Å². The van der Waals surface area contributed by atoms with Gasteiger partial charge in [0, 0.05) is 18.0 Å². The molecule has 3 rings (SSSR count). The van der Waals surface area contributed by atoms with E-state index in [-0.39, 0.29) is 11.5 Å². The highest BCUT2D eigenvalue weighted by Gasteiger charge is 2.16. The number of halogens is 1. The van der Waals surface area contributed by atoms with Crippen LogP contribution in [0.1, 0.15) is 5.69 Å². The van der Waals surface area contributed by atoms with Crippen molar-refractivity contribution in [3.05, 3.63) is 60.3 Å². The highest BCUT2D eigenvalue weighted by Crippen LogP contribution is 2.24. The first kappa shape index (κ1) is 12.0. The van der Waals surface area contributed by atoms with Gasteiger partial charge in [0.25, 0.3) is 0 Å². The maximum Gasteiger partial charge on any atom is 0.191 e. The molecule has 0 bridgehead atoms. The number of benzene rings is 1. The van der Waals surface area contributed by atoms with Crippen LogP contribution in [0.5, 0.6) is 0 Å². The van der Waals surface area contributed by atoms with Gasteiger partial charge in [-0.1, -0.05) is 11.3 Å². The van der Waals surface area contributed by atoms with Gasteiger partial charge in [0.2, 0.25) is 0 Å². The summed E-state index contributed by atoms with van der Waals surface area (Å²) in [5.41, 5.74) is 1.94. The first-order valence-electron chi connectivity index (χ1n) is 5.82. The van der Waals surface area contributed by atoms with Gasteiger partial charge in [-0.3, -0.25) is 4.98 Å². The Morgan fingerprint density at radius 2 is 1.95 bits per heavy atom. The lowest BCUT2D eigenvalue weighted by molar-refractivity contribution is 0.625. The zero-order valence-corrected chi connectivity index (χ0v) is 10.2. The molecule has 6 heteroatoms. The third kappa shape index (κ3) is 2.01. The molecule has 0 spiro atoms. The Balaban J connectivity index is 2.24. The lowest BCUT2D eigenvalue weighted by Crippen LogP contribution is -2.00. The van der Waals surface area contributed by atoms with Crippen LogP contribution in [-0.2, 0) is 0 Å². The van der Waals surface area contributed by atoms with E-state index in [1.807, 2.05) is 6.07 Å². The Kier molecular flexibility index (Phi) is 2.94. The molecule has 0 saturated carbocycles. The predicted molar refractivity (Wildman–Crippen MR) is 69.3 cm³/mol. The molecule has 0 fully saturated rings. The van der Waals surface area contributed by atoms with E-state index in [0.29, 0.717) is 11.4 Å². The fourth-order valence-electron chi connectivity index (χ4n) is 1.91. The van der Waals surface area contributed by atoms with Crippen molar-refractivity contribution in [2.75, 3.05) is 0 Å². The second-order valence-electron chi connectivity index (χ2n) is 4.03. The van der Waals surface area contributed by atoms with Crippen molar-refractivity contribution >= 4 is 0 Å². The highest BCUT2D eigenvalue weighted by atomic mass is 19.1. The monoisotopic (exact) mass is 265 g/mol. The second kappa shape index (κ2) is 4.90. The van der Waals surface area contributed by atoms with Gasteiger partial charge in [0.15, 0.2) is 5.69 Å². The molecule has 0 saturated heterocycles. The number of nitrogens with zero attached hydrogens (tertiary/aromatic N) is 5. The molecule has 0 amide bonds. The normalized spacial score (nSPS) is 10.2. The van der Waals surface area contributed by atoms with Crippen LogP contribution in [0.15, 0.2) is 48.8 Å². The number of nitriles is 1. The van der Waals surface area contributed by atoms with Crippen LogP contribution in [0.2, 0.25) is 0 Å². The van der Waals surface area contributed by atoms with Gasteiger partial charge >= 0.3 is 0 Å². The number of hydrogen-bond acceptors (Lipinski definition) is 4. The molecule has 96 valence electrons. The minimum atomic E-state index is -0.378. The molecular weight excluding hydrogens is 257 g/mol. The molecule has 0 N–H and O–H groups in total. The van der Waals surface area contributed by atoms with Crippen LogP contribution >= 0.6 is 0 Å². The number of hydrogen-bond donors (Lipinski definition) is 0. The summed E-state index contributed by atoms with van der Waals surface area (Å²) in [6.45, 7) is 0. The molecule has 1 aromatic carbocycles. The van der Waals surface area contributed by atoms with E-state index in [2.05, 4.69) is 15.3 Å². The molecule has 0 aliphatic rings. The van der Waals surface area contributed by atoms with Gasteiger partial charge in [-0.25, -0.2) is 9.07 Å². The molecule has 2 aromatic heterocycles. The van der Waals surface area contributed by atoms with Crippen LogP contribution in [-0.4, -0.2) is 20.0 Å². The van der Waals surface area contributed by atoms with Crippen molar-refractivity contribution in [1.29, 1.82) is 5.26 Å². The van der Waals surface area contributed by atoms with Gasteiger partial charge in [-0.15, -0.1) is 5.10 Å². The highest BCUT2D eigenvalue weighted by molar-refractivity contribution is 5.66. The maximum absolute atomic E-state index is 13.3. The zero-order valence-electron chi connectivity index (χ0n) is 10.2. The fourth-order valence-corrected chi connectivity index (χ4v) is 1.91.